The molecule has 0 N–H and O–H groups in total. The van der Waals surface area contributed by atoms with Gasteiger partial charge in [0.15, 0.2) is 0 Å². The van der Waals surface area contributed by atoms with Crippen LogP contribution in [0.5, 0.6) is 0 Å². The Morgan fingerprint density at radius 1 is 1.16 bits per heavy atom. The van der Waals surface area contributed by atoms with Crippen molar-refractivity contribution < 1.29 is 0 Å². The summed E-state index contributed by atoms with van der Waals surface area (Å²) in [6.07, 6.45) is 12.9. The molecule has 0 radical (unpaired) electrons. The molecule has 2 rings (SSSR count). The minimum Gasteiger partial charge on any atom is -0.280 e. The summed E-state index contributed by atoms with van der Waals surface area (Å²) in [6.45, 7) is 20.6. The monoisotopic (exact) mass is 429 g/mol. The summed E-state index contributed by atoms with van der Waals surface area (Å²) >= 11 is 0. The van der Waals surface area contributed by atoms with Crippen LogP contribution >= 0.6 is 0 Å². The van der Waals surface area contributed by atoms with Gasteiger partial charge in [0.05, 0.1) is 17.3 Å². The molecule has 3 heteroatoms. The Morgan fingerprint density at radius 2 is 1.88 bits per heavy atom. The minimum absolute atomic E-state index is 0.0870. The Kier molecular flexibility index (Phi) is 9.31. The molecule has 32 heavy (non-hydrogen) atoms. The molecule has 1 heterocycles. The molecule has 0 spiro atoms. The Bertz CT molecular complexity index is 970. The number of hydrogen-bond acceptors (Lipinski definition) is 3. The molecule has 0 fully saturated rings. The van der Waals surface area contributed by atoms with Crippen molar-refractivity contribution in [2.45, 2.75) is 78.3 Å². The normalized spacial score (nSPS) is 20.6. The van der Waals surface area contributed by atoms with E-state index < -0.39 is 0 Å². The van der Waals surface area contributed by atoms with E-state index in [0.29, 0.717) is 0 Å². The first-order chi connectivity index (χ1) is 15.2. The minimum atomic E-state index is -0.255. The van der Waals surface area contributed by atoms with Crippen LogP contribution in [0.1, 0.15) is 77.8 Å². The van der Waals surface area contributed by atoms with Crippen molar-refractivity contribution in [1.82, 2.24) is 0 Å². The second kappa shape index (κ2) is 11.7. The summed E-state index contributed by atoms with van der Waals surface area (Å²) in [4.78, 5) is 14.7. The van der Waals surface area contributed by atoms with E-state index in [1.165, 1.54) is 11.1 Å². The molecule has 0 aromatic heterocycles. The van der Waals surface area contributed by atoms with Crippen LogP contribution in [-0.4, -0.2) is 28.7 Å². The van der Waals surface area contributed by atoms with Crippen molar-refractivity contribution >= 4 is 17.1 Å². The van der Waals surface area contributed by atoms with Crippen LogP contribution in [0.3, 0.4) is 0 Å². The lowest BCUT2D eigenvalue weighted by molar-refractivity contribution is 0.423. The lowest BCUT2D eigenvalue weighted by Gasteiger charge is -2.33. The van der Waals surface area contributed by atoms with Crippen molar-refractivity contribution in [3.8, 4) is 0 Å². The molecule has 0 saturated carbocycles. The van der Waals surface area contributed by atoms with Gasteiger partial charge in [-0.2, -0.15) is 0 Å². The Hall–Kier alpha value is -2.81. The highest BCUT2D eigenvalue weighted by molar-refractivity contribution is 6.10. The molecule has 1 aliphatic heterocycles. The zero-order valence-electron chi connectivity index (χ0n) is 20.7. The van der Waals surface area contributed by atoms with Gasteiger partial charge in [0.25, 0.3) is 0 Å². The molecule has 3 nitrogen and oxygen atoms in total. The lowest BCUT2D eigenvalue weighted by Crippen LogP contribution is -2.29. The molecule has 3 unspecified atom stereocenters. The van der Waals surface area contributed by atoms with E-state index in [-0.39, 0.29) is 17.5 Å². The Balaban J connectivity index is 2.42. The van der Waals surface area contributed by atoms with Gasteiger partial charge in [-0.1, -0.05) is 55.7 Å². The van der Waals surface area contributed by atoms with Gasteiger partial charge < -0.3 is 0 Å². The highest BCUT2D eigenvalue weighted by atomic mass is 14.9. The van der Waals surface area contributed by atoms with Crippen molar-refractivity contribution in [2.75, 3.05) is 0 Å². The zero-order valence-corrected chi connectivity index (χ0v) is 20.7. The number of hydrogen-bond donors (Lipinski definition) is 0. The average molecular weight is 430 g/mol. The summed E-state index contributed by atoms with van der Waals surface area (Å²) < 4.78 is 0. The molecule has 1 aromatic rings. The van der Waals surface area contributed by atoms with Gasteiger partial charge in [-0.25, -0.2) is 0 Å². The van der Waals surface area contributed by atoms with E-state index >= 15 is 0 Å². The molecule has 3 atom stereocenters. The van der Waals surface area contributed by atoms with E-state index in [2.05, 4.69) is 81.4 Å². The van der Waals surface area contributed by atoms with Crippen molar-refractivity contribution in [2.24, 2.45) is 15.0 Å². The molecular weight excluding hydrogens is 390 g/mol. The number of fused-ring (bicyclic) bond motifs is 1. The van der Waals surface area contributed by atoms with E-state index in [9.17, 15) is 0 Å². The first kappa shape index (κ1) is 25.5. The molecule has 0 saturated heterocycles. The predicted octanol–water partition coefficient (Wildman–Crippen LogP) is 7.66. The van der Waals surface area contributed by atoms with Crippen LogP contribution in [0, 0.1) is 0 Å². The van der Waals surface area contributed by atoms with E-state index in [4.69, 9.17) is 9.98 Å². The van der Waals surface area contributed by atoms with Gasteiger partial charge in [-0.05, 0) is 72.1 Å². The van der Waals surface area contributed by atoms with Crippen molar-refractivity contribution in [3.63, 3.8) is 0 Å². The van der Waals surface area contributed by atoms with Gasteiger partial charge in [0.2, 0.25) is 0 Å². The van der Waals surface area contributed by atoms with E-state index in [0.717, 1.165) is 42.1 Å². The molecule has 0 amide bonds. The second-order valence-corrected chi connectivity index (χ2v) is 8.96. The first-order valence-corrected chi connectivity index (χ1v) is 11.5. The molecule has 170 valence electrons. The van der Waals surface area contributed by atoms with Crippen LogP contribution < -0.4 is 0 Å². The molecule has 0 bridgehead atoms. The quantitative estimate of drug-likeness (QED) is 0.270. The SMILES string of the molecule is C=CC1=NC(CC(=C)N=C(C)C)C(CCC(C)(/C=C\C)/N=C(C)\C=C/C)c2ccccc21. The molecule has 1 aliphatic rings. The maximum atomic E-state index is 5.11. The molecular formula is C29H39N3. The third kappa shape index (κ3) is 6.85. The highest BCUT2D eigenvalue weighted by Crippen LogP contribution is 2.39. The van der Waals surface area contributed by atoms with E-state index in [1.54, 1.807) is 0 Å². The number of nitrogens with zero attached hydrogens (tertiary/aromatic N) is 3. The average Bonchev–Trinajstić information content (AvgIpc) is 2.72. The molecule has 0 aliphatic carbocycles. The number of benzene rings is 1. The maximum Gasteiger partial charge on any atom is 0.0762 e. The summed E-state index contributed by atoms with van der Waals surface area (Å²) in [5.41, 5.74) is 6.17. The second-order valence-electron chi connectivity index (χ2n) is 8.96. The van der Waals surface area contributed by atoms with Crippen LogP contribution in [-0.2, 0) is 0 Å². The van der Waals surface area contributed by atoms with Crippen LogP contribution in [0.4, 0.5) is 0 Å². The predicted molar refractivity (Wildman–Crippen MR) is 143 cm³/mol. The summed E-state index contributed by atoms with van der Waals surface area (Å²) in [7, 11) is 0. The van der Waals surface area contributed by atoms with Crippen molar-refractivity contribution in [1.29, 1.82) is 0 Å². The third-order valence-electron chi connectivity index (χ3n) is 5.75. The summed E-state index contributed by atoms with van der Waals surface area (Å²) in [5.74, 6) is 0.279. The Labute approximate surface area is 195 Å². The van der Waals surface area contributed by atoms with E-state index in [1.807, 2.05) is 32.9 Å². The third-order valence-corrected chi connectivity index (χ3v) is 5.75. The highest BCUT2D eigenvalue weighted by Gasteiger charge is 2.32. The van der Waals surface area contributed by atoms with Gasteiger partial charge in [0, 0.05) is 35.0 Å². The standard InChI is InChI=1S/C29H39N3/c1-9-14-22(6)32-29(8,18-10-2)19-17-26-24-15-12-13-16-25(24)27(11-3)31-28(26)20-23(7)30-21(4)5/h9-16,18,26,28H,3,7,17,19-20H2,1-2,4-6,8H3/b14-9-,18-10-,32-22-. The van der Waals surface area contributed by atoms with Crippen LogP contribution in [0.25, 0.3) is 0 Å². The number of aliphatic imine (C=N–C) groups is 3. The largest absolute Gasteiger partial charge is 0.280 e. The topological polar surface area (TPSA) is 37.1 Å². The van der Waals surface area contributed by atoms with Gasteiger partial charge >= 0.3 is 0 Å². The van der Waals surface area contributed by atoms with Gasteiger partial charge in [-0.3, -0.25) is 15.0 Å². The number of allylic oxidation sites excluding steroid dienone is 4. The fourth-order valence-electron chi connectivity index (χ4n) is 4.57. The van der Waals surface area contributed by atoms with Crippen LogP contribution in [0.2, 0.25) is 0 Å². The summed E-state index contributed by atoms with van der Waals surface area (Å²) in [6, 6.07) is 8.68. The van der Waals surface area contributed by atoms with Crippen molar-refractivity contribution in [3.05, 3.63) is 84.6 Å². The zero-order chi connectivity index (χ0) is 23.7. The van der Waals surface area contributed by atoms with Crippen LogP contribution in [0.15, 0.2) is 88.5 Å². The van der Waals surface area contributed by atoms with Gasteiger partial charge in [-0.15, -0.1) is 0 Å². The van der Waals surface area contributed by atoms with Gasteiger partial charge in [0.1, 0.15) is 0 Å². The number of rotatable bonds is 10. The maximum absolute atomic E-state index is 5.11. The summed E-state index contributed by atoms with van der Waals surface area (Å²) in [5, 5.41) is 0. The fraction of sp³-hybridized carbons (Fsp3) is 0.414. The Morgan fingerprint density at radius 3 is 2.50 bits per heavy atom. The lowest BCUT2D eigenvalue weighted by atomic mass is 9.77. The molecule has 1 aromatic carbocycles. The smallest absolute Gasteiger partial charge is 0.0762 e. The fourth-order valence-corrected chi connectivity index (χ4v) is 4.57. The first-order valence-electron chi connectivity index (χ1n) is 11.5.